The summed E-state index contributed by atoms with van der Waals surface area (Å²) in [4.78, 5) is 35.9. The second-order valence-corrected chi connectivity index (χ2v) is 6.28. The quantitative estimate of drug-likeness (QED) is 0.763. The standard InChI is InChI=1S/C19H25NO5/c1-24-19(23)16(12-14-8-4-2-5-9-14)20-17(21)13-25-18(22)15-10-6-3-7-11-15/h2,4-5,8-9,15-16H,3,6-7,10-13H2,1H3,(H,20,21)/t16-/m0/s1. The first kappa shape index (κ1) is 19.0. The molecular formula is C19H25NO5. The van der Waals surface area contributed by atoms with Gasteiger partial charge >= 0.3 is 11.9 Å². The molecule has 1 aliphatic carbocycles. The molecule has 1 saturated carbocycles. The predicted molar refractivity (Wildman–Crippen MR) is 91.6 cm³/mol. The summed E-state index contributed by atoms with van der Waals surface area (Å²) in [5, 5.41) is 2.58. The summed E-state index contributed by atoms with van der Waals surface area (Å²) in [6.07, 6.45) is 5.14. The number of carbonyl (C=O) groups is 3. The number of nitrogens with one attached hydrogen (secondary N) is 1. The van der Waals surface area contributed by atoms with E-state index in [1.807, 2.05) is 30.3 Å². The van der Waals surface area contributed by atoms with E-state index >= 15 is 0 Å². The van der Waals surface area contributed by atoms with Crippen molar-refractivity contribution in [1.29, 1.82) is 0 Å². The number of methoxy groups -OCH3 is 1. The van der Waals surface area contributed by atoms with Gasteiger partial charge in [-0.1, -0.05) is 49.6 Å². The molecular weight excluding hydrogens is 322 g/mol. The van der Waals surface area contributed by atoms with Crippen molar-refractivity contribution in [2.75, 3.05) is 13.7 Å². The molecule has 0 spiro atoms. The van der Waals surface area contributed by atoms with E-state index in [0.29, 0.717) is 6.42 Å². The van der Waals surface area contributed by atoms with E-state index in [-0.39, 0.29) is 18.5 Å². The van der Waals surface area contributed by atoms with Gasteiger partial charge in [-0.2, -0.15) is 0 Å². The Hall–Kier alpha value is -2.37. The van der Waals surface area contributed by atoms with E-state index in [4.69, 9.17) is 9.47 Å². The topological polar surface area (TPSA) is 81.7 Å². The highest BCUT2D eigenvalue weighted by Crippen LogP contribution is 2.24. The highest BCUT2D eigenvalue weighted by atomic mass is 16.5. The lowest BCUT2D eigenvalue weighted by molar-refractivity contribution is -0.154. The fourth-order valence-electron chi connectivity index (χ4n) is 3.01. The highest BCUT2D eigenvalue weighted by Gasteiger charge is 2.25. The van der Waals surface area contributed by atoms with Crippen LogP contribution in [-0.4, -0.2) is 37.6 Å². The van der Waals surface area contributed by atoms with Crippen molar-refractivity contribution in [1.82, 2.24) is 5.32 Å². The number of esters is 2. The number of carbonyl (C=O) groups excluding carboxylic acids is 3. The normalized spacial score (nSPS) is 15.9. The van der Waals surface area contributed by atoms with Crippen molar-refractivity contribution in [2.45, 2.75) is 44.6 Å². The van der Waals surface area contributed by atoms with E-state index < -0.39 is 17.9 Å². The van der Waals surface area contributed by atoms with Crippen LogP contribution in [0.2, 0.25) is 0 Å². The lowest BCUT2D eigenvalue weighted by atomic mass is 9.89. The third kappa shape index (κ3) is 6.21. The molecule has 25 heavy (non-hydrogen) atoms. The smallest absolute Gasteiger partial charge is 0.328 e. The lowest BCUT2D eigenvalue weighted by Crippen LogP contribution is -2.45. The molecule has 6 heteroatoms. The Balaban J connectivity index is 1.84. The molecule has 6 nitrogen and oxygen atoms in total. The van der Waals surface area contributed by atoms with Gasteiger partial charge in [-0.25, -0.2) is 4.79 Å². The summed E-state index contributed by atoms with van der Waals surface area (Å²) in [7, 11) is 1.27. The number of hydrogen-bond donors (Lipinski definition) is 1. The van der Waals surface area contributed by atoms with Gasteiger partial charge in [0, 0.05) is 6.42 Å². The van der Waals surface area contributed by atoms with Gasteiger partial charge in [-0.15, -0.1) is 0 Å². The molecule has 0 heterocycles. The first-order valence-electron chi connectivity index (χ1n) is 8.68. The number of benzene rings is 1. The highest BCUT2D eigenvalue weighted by molar-refractivity contribution is 5.86. The molecule has 0 aliphatic heterocycles. The molecule has 1 N–H and O–H groups in total. The first-order chi connectivity index (χ1) is 12.1. The van der Waals surface area contributed by atoms with Crippen molar-refractivity contribution in [3.63, 3.8) is 0 Å². The lowest BCUT2D eigenvalue weighted by Gasteiger charge is -2.20. The molecule has 2 rings (SSSR count). The maximum atomic E-state index is 12.1. The number of hydrogen-bond acceptors (Lipinski definition) is 5. The zero-order valence-electron chi connectivity index (χ0n) is 14.5. The summed E-state index contributed by atoms with van der Waals surface area (Å²) in [6, 6.07) is 8.51. The number of rotatable bonds is 7. The maximum absolute atomic E-state index is 12.1. The molecule has 0 saturated heterocycles. The monoisotopic (exact) mass is 347 g/mol. The van der Waals surface area contributed by atoms with Crippen LogP contribution in [0.3, 0.4) is 0 Å². The SMILES string of the molecule is COC(=O)[C@H](Cc1ccccc1)NC(=O)COC(=O)C1CCCCC1. The Morgan fingerprint density at radius 2 is 1.80 bits per heavy atom. The van der Waals surface area contributed by atoms with Crippen molar-refractivity contribution in [2.24, 2.45) is 5.92 Å². The van der Waals surface area contributed by atoms with E-state index in [9.17, 15) is 14.4 Å². The fraction of sp³-hybridized carbons (Fsp3) is 0.526. The van der Waals surface area contributed by atoms with Gasteiger partial charge < -0.3 is 14.8 Å². The van der Waals surface area contributed by atoms with Crippen LogP contribution >= 0.6 is 0 Å². The third-order valence-corrected chi connectivity index (χ3v) is 4.39. The summed E-state index contributed by atoms with van der Waals surface area (Å²) in [5.41, 5.74) is 0.900. The van der Waals surface area contributed by atoms with Crippen LogP contribution in [0, 0.1) is 5.92 Å². The Bertz CT molecular complexity index is 581. The summed E-state index contributed by atoms with van der Waals surface area (Å²) >= 11 is 0. The van der Waals surface area contributed by atoms with Crippen LogP contribution in [0.4, 0.5) is 0 Å². The summed E-state index contributed by atoms with van der Waals surface area (Å²) < 4.78 is 9.85. The Morgan fingerprint density at radius 3 is 2.44 bits per heavy atom. The summed E-state index contributed by atoms with van der Waals surface area (Å²) in [6.45, 7) is -0.377. The zero-order valence-corrected chi connectivity index (χ0v) is 14.5. The van der Waals surface area contributed by atoms with Crippen LogP contribution in [-0.2, 0) is 30.3 Å². The van der Waals surface area contributed by atoms with Crippen LogP contribution in [0.15, 0.2) is 30.3 Å². The molecule has 1 atom stereocenters. The molecule has 1 aromatic rings. The first-order valence-corrected chi connectivity index (χ1v) is 8.68. The summed E-state index contributed by atoms with van der Waals surface area (Å²) in [5.74, 6) is -1.47. The van der Waals surface area contributed by atoms with Gasteiger partial charge in [0.15, 0.2) is 6.61 Å². The molecule has 1 fully saturated rings. The second-order valence-electron chi connectivity index (χ2n) is 6.28. The number of ether oxygens (including phenoxy) is 2. The minimum absolute atomic E-state index is 0.109. The molecule has 0 bridgehead atoms. The zero-order chi connectivity index (χ0) is 18.1. The largest absolute Gasteiger partial charge is 0.467 e. The van der Waals surface area contributed by atoms with Gasteiger partial charge in [0.05, 0.1) is 13.0 Å². The molecule has 136 valence electrons. The molecule has 0 unspecified atom stereocenters. The van der Waals surface area contributed by atoms with E-state index in [2.05, 4.69) is 5.32 Å². The van der Waals surface area contributed by atoms with Crippen LogP contribution in [0.5, 0.6) is 0 Å². The molecule has 1 aromatic carbocycles. The van der Waals surface area contributed by atoms with Gasteiger partial charge in [-0.3, -0.25) is 9.59 Å². The Morgan fingerprint density at radius 1 is 1.12 bits per heavy atom. The maximum Gasteiger partial charge on any atom is 0.328 e. The molecule has 1 amide bonds. The average Bonchev–Trinajstić information content (AvgIpc) is 2.66. The van der Waals surface area contributed by atoms with E-state index in [1.54, 1.807) is 0 Å². The van der Waals surface area contributed by atoms with E-state index in [0.717, 1.165) is 37.7 Å². The molecule has 0 radical (unpaired) electrons. The van der Waals surface area contributed by atoms with Gasteiger partial charge in [0.25, 0.3) is 5.91 Å². The van der Waals surface area contributed by atoms with Crippen LogP contribution in [0.1, 0.15) is 37.7 Å². The van der Waals surface area contributed by atoms with Gasteiger partial charge in [0.1, 0.15) is 6.04 Å². The molecule has 0 aromatic heterocycles. The van der Waals surface area contributed by atoms with Crippen molar-refractivity contribution in [3.8, 4) is 0 Å². The van der Waals surface area contributed by atoms with Crippen LogP contribution in [0.25, 0.3) is 0 Å². The van der Waals surface area contributed by atoms with Crippen molar-refractivity contribution >= 4 is 17.8 Å². The minimum atomic E-state index is -0.812. The van der Waals surface area contributed by atoms with E-state index in [1.165, 1.54) is 7.11 Å². The van der Waals surface area contributed by atoms with Crippen LogP contribution < -0.4 is 5.32 Å². The van der Waals surface area contributed by atoms with Gasteiger partial charge in [0.2, 0.25) is 0 Å². The average molecular weight is 347 g/mol. The second kappa shape index (κ2) is 9.81. The van der Waals surface area contributed by atoms with Crippen molar-refractivity contribution in [3.05, 3.63) is 35.9 Å². The number of amides is 1. The molecule has 1 aliphatic rings. The fourth-order valence-corrected chi connectivity index (χ4v) is 3.01. The van der Waals surface area contributed by atoms with Gasteiger partial charge in [-0.05, 0) is 18.4 Å². The Labute approximate surface area is 147 Å². The Kier molecular flexibility index (Phi) is 7.44. The third-order valence-electron chi connectivity index (χ3n) is 4.39. The minimum Gasteiger partial charge on any atom is -0.467 e. The van der Waals surface area contributed by atoms with Crippen molar-refractivity contribution < 1.29 is 23.9 Å². The predicted octanol–water partition coefficient (Wildman–Crippen LogP) is 2.01.